The van der Waals surface area contributed by atoms with Gasteiger partial charge in [-0.3, -0.25) is 4.79 Å². The number of hydroxylamine groups is 1. The van der Waals surface area contributed by atoms with Crippen LogP contribution >= 0.6 is 15.9 Å². The van der Waals surface area contributed by atoms with E-state index in [0.29, 0.717) is 10.0 Å². The standard InChI is InChI=1S/C22H21BrF4N2O4/c1-11-15-9-13(5-6-14(15)18(30)33-29-11)28-19(31)21(32,22(25,26)27)10-20(2,3)16-8-12(24)4-7-17(16)23/h4-9,11,29,32H,10H2,1-3H3,(H,28,31). The molecular formula is C22H21BrF4N2O4. The van der Waals surface area contributed by atoms with E-state index < -0.39 is 47.3 Å². The molecule has 2 aromatic rings. The molecule has 6 nitrogen and oxygen atoms in total. The van der Waals surface area contributed by atoms with Gasteiger partial charge in [0.05, 0.1) is 11.6 Å². The van der Waals surface area contributed by atoms with Gasteiger partial charge in [0.15, 0.2) is 0 Å². The number of rotatable bonds is 5. The number of amides is 1. The van der Waals surface area contributed by atoms with Gasteiger partial charge in [0.25, 0.3) is 5.91 Å². The fraction of sp³-hybridized carbons (Fsp3) is 0.364. The lowest BCUT2D eigenvalue weighted by Gasteiger charge is -2.37. The minimum absolute atomic E-state index is 0.0467. The minimum atomic E-state index is -5.33. The van der Waals surface area contributed by atoms with Crippen LogP contribution in [0.15, 0.2) is 40.9 Å². The van der Waals surface area contributed by atoms with Crippen molar-refractivity contribution in [3.05, 3.63) is 63.4 Å². The average Bonchev–Trinajstić information content (AvgIpc) is 2.71. The molecule has 11 heteroatoms. The summed E-state index contributed by atoms with van der Waals surface area (Å²) in [6, 6.07) is 6.93. The molecule has 3 rings (SSSR count). The lowest BCUT2D eigenvalue weighted by atomic mass is 9.74. The Bertz CT molecular complexity index is 1110. The molecule has 0 saturated heterocycles. The fourth-order valence-corrected chi connectivity index (χ4v) is 4.52. The highest BCUT2D eigenvalue weighted by atomic mass is 79.9. The predicted octanol–water partition coefficient (Wildman–Crippen LogP) is 4.92. The summed E-state index contributed by atoms with van der Waals surface area (Å²) >= 11 is 3.19. The average molecular weight is 533 g/mol. The largest absolute Gasteiger partial charge is 0.426 e. The van der Waals surface area contributed by atoms with Crippen molar-refractivity contribution in [2.75, 3.05) is 5.32 Å². The van der Waals surface area contributed by atoms with E-state index in [9.17, 15) is 32.3 Å². The van der Waals surface area contributed by atoms with Gasteiger partial charge < -0.3 is 15.3 Å². The summed E-state index contributed by atoms with van der Waals surface area (Å²) in [5, 5.41) is 12.7. The topological polar surface area (TPSA) is 87.7 Å². The first kappa shape index (κ1) is 25.1. The quantitative estimate of drug-likeness (QED) is 0.475. The number of hydrogen-bond donors (Lipinski definition) is 3. The Labute approximate surface area is 195 Å². The molecule has 3 N–H and O–H groups in total. The van der Waals surface area contributed by atoms with Crippen LogP contribution in [0.4, 0.5) is 23.2 Å². The molecule has 1 amide bonds. The summed E-state index contributed by atoms with van der Waals surface area (Å²) in [6.07, 6.45) is -6.41. The molecule has 0 saturated carbocycles. The van der Waals surface area contributed by atoms with Crippen molar-refractivity contribution >= 4 is 33.5 Å². The third kappa shape index (κ3) is 4.90. The number of carbonyl (C=O) groups is 2. The Morgan fingerprint density at radius 3 is 2.52 bits per heavy atom. The van der Waals surface area contributed by atoms with Crippen molar-refractivity contribution < 1.29 is 37.1 Å². The monoisotopic (exact) mass is 532 g/mol. The van der Waals surface area contributed by atoms with E-state index in [2.05, 4.69) is 26.7 Å². The van der Waals surface area contributed by atoms with Crippen LogP contribution < -0.4 is 10.8 Å². The third-order valence-electron chi connectivity index (χ3n) is 5.52. The van der Waals surface area contributed by atoms with Crippen molar-refractivity contribution in [2.45, 2.75) is 50.4 Å². The Kier molecular flexibility index (Phi) is 6.62. The summed E-state index contributed by atoms with van der Waals surface area (Å²) in [6.45, 7) is 4.39. The molecule has 2 atom stereocenters. The molecule has 2 unspecified atom stereocenters. The summed E-state index contributed by atoms with van der Waals surface area (Å²) in [5.41, 5.74) is -2.08. The van der Waals surface area contributed by atoms with Gasteiger partial charge >= 0.3 is 12.1 Å². The van der Waals surface area contributed by atoms with Gasteiger partial charge in [-0.2, -0.15) is 13.2 Å². The summed E-state index contributed by atoms with van der Waals surface area (Å²) in [7, 11) is 0. The van der Waals surface area contributed by atoms with Gasteiger partial charge in [-0.05, 0) is 59.9 Å². The normalized spacial score (nSPS) is 18.2. The molecule has 0 radical (unpaired) electrons. The second-order valence-corrected chi connectivity index (χ2v) is 9.38. The van der Waals surface area contributed by atoms with Crippen LogP contribution in [0.3, 0.4) is 0 Å². The number of nitrogens with one attached hydrogen (secondary N) is 2. The van der Waals surface area contributed by atoms with Crippen LogP contribution in [0.25, 0.3) is 0 Å². The maximum Gasteiger partial charge on any atom is 0.426 e. The van der Waals surface area contributed by atoms with Gasteiger partial charge in [0.2, 0.25) is 5.60 Å². The van der Waals surface area contributed by atoms with Crippen molar-refractivity contribution in [1.29, 1.82) is 0 Å². The number of fused-ring (bicyclic) bond motifs is 1. The number of halogens is 5. The Balaban J connectivity index is 1.94. The van der Waals surface area contributed by atoms with Gasteiger partial charge in [-0.15, -0.1) is 5.48 Å². The molecule has 1 heterocycles. The van der Waals surface area contributed by atoms with Crippen LogP contribution in [0, 0.1) is 5.82 Å². The number of benzene rings is 2. The zero-order valence-electron chi connectivity index (χ0n) is 17.8. The zero-order chi connectivity index (χ0) is 24.8. The summed E-state index contributed by atoms with van der Waals surface area (Å²) in [5.74, 6) is -3.04. The number of aliphatic hydroxyl groups is 1. The highest BCUT2D eigenvalue weighted by molar-refractivity contribution is 9.10. The van der Waals surface area contributed by atoms with Crippen LogP contribution in [-0.2, 0) is 15.0 Å². The molecule has 178 valence electrons. The maximum atomic E-state index is 14.0. The Hall–Kier alpha value is -2.50. The number of anilines is 1. The van der Waals surface area contributed by atoms with E-state index in [1.54, 1.807) is 6.92 Å². The smallest absolute Gasteiger partial charge is 0.373 e. The second-order valence-electron chi connectivity index (χ2n) is 8.53. The molecule has 1 aliphatic rings. The number of alkyl halides is 3. The van der Waals surface area contributed by atoms with Gasteiger partial charge in [-0.25, -0.2) is 9.18 Å². The van der Waals surface area contributed by atoms with Gasteiger partial charge in [0, 0.05) is 16.6 Å². The first-order valence-electron chi connectivity index (χ1n) is 9.82. The minimum Gasteiger partial charge on any atom is -0.373 e. The highest BCUT2D eigenvalue weighted by Crippen LogP contribution is 2.43. The van der Waals surface area contributed by atoms with Gasteiger partial charge in [0.1, 0.15) is 5.82 Å². The van der Waals surface area contributed by atoms with Crippen molar-refractivity contribution in [2.24, 2.45) is 0 Å². The third-order valence-corrected chi connectivity index (χ3v) is 6.22. The Morgan fingerprint density at radius 1 is 1.21 bits per heavy atom. The van der Waals surface area contributed by atoms with E-state index in [1.807, 2.05) is 0 Å². The molecule has 1 aliphatic heterocycles. The fourth-order valence-electron chi connectivity index (χ4n) is 3.74. The molecule has 0 bridgehead atoms. The van der Waals surface area contributed by atoms with E-state index in [1.165, 1.54) is 38.1 Å². The molecule has 2 aromatic carbocycles. The molecule has 0 aromatic heterocycles. The second kappa shape index (κ2) is 8.69. The van der Waals surface area contributed by atoms with Crippen molar-refractivity contribution in [3.8, 4) is 0 Å². The first-order chi connectivity index (χ1) is 15.2. The van der Waals surface area contributed by atoms with Crippen molar-refractivity contribution in [1.82, 2.24) is 5.48 Å². The summed E-state index contributed by atoms with van der Waals surface area (Å²) < 4.78 is 56.1. The van der Waals surface area contributed by atoms with Crippen LogP contribution in [0.2, 0.25) is 0 Å². The van der Waals surface area contributed by atoms with Gasteiger partial charge in [-0.1, -0.05) is 29.8 Å². The molecular weight excluding hydrogens is 512 g/mol. The lowest BCUT2D eigenvalue weighted by Crippen LogP contribution is -2.57. The summed E-state index contributed by atoms with van der Waals surface area (Å²) in [4.78, 5) is 29.3. The van der Waals surface area contributed by atoms with E-state index >= 15 is 0 Å². The predicted molar refractivity (Wildman–Crippen MR) is 115 cm³/mol. The van der Waals surface area contributed by atoms with E-state index in [-0.39, 0.29) is 16.8 Å². The number of carbonyl (C=O) groups excluding carboxylic acids is 2. The molecule has 0 fully saturated rings. The van der Waals surface area contributed by atoms with Crippen molar-refractivity contribution in [3.63, 3.8) is 0 Å². The highest BCUT2D eigenvalue weighted by Gasteiger charge is 2.61. The number of hydrogen-bond acceptors (Lipinski definition) is 5. The van der Waals surface area contributed by atoms with Crippen LogP contribution in [-0.4, -0.2) is 28.8 Å². The first-order valence-corrected chi connectivity index (χ1v) is 10.6. The van der Waals surface area contributed by atoms with Crippen LogP contribution in [0.1, 0.15) is 54.7 Å². The van der Waals surface area contributed by atoms with Crippen LogP contribution in [0.5, 0.6) is 0 Å². The molecule has 0 aliphatic carbocycles. The SMILES string of the molecule is CC1NOC(=O)c2ccc(NC(=O)C(O)(CC(C)(C)c3cc(F)ccc3Br)C(F)(F)F)cc21. The van der Waals surface area contributed by atoms with E-state index in [0.717, 1.165) is 12.1 Å². The molecule has 0 spiro atoms. The Morgan fingerprint density at radius 2 is 1.88 bits per heavy atom. The maximum absolute atomic E-state index is 14.0. The lowest BCUT2D eigenvalue weighted by molar-refractivity contribution is -0.254. The van der Waals surface area contributed by atoms with E-state index in [4.69, 9.17) is 4.84 Å². The zero-order valence-corrected chi connectivity index (χ0v) is 19.4. The molecule has 33 heavy (non-hydrogen) atoms.